The topological polar surface area (TPSA) is 61.0 Å². The van der Waals surface area contributed by atoms with Crippen molar-refractivity contribution in [1.82, 2.24) is 14.9 Å². The summed E-state index contributed by atoms with van der Waals surface area (Å²) in [4.78, 5) is 22.6. The van der Waals surface area contributed by atoms with E-state index in [1.54, 1.807) is 0 Å². The summed E-state index contributed by atoms with van der Waals surface area (Å²) in [5, 5.41) is 7.09. The number of thiazole rings is 1. The molecule has 0 unspecified atom stereocenters. The van der Waals surface area contributed by atoms with Gasteiger partial charge in [-0.1, -0.05) is 39.0 Å². The van der Waals surface area contributed by atoms with E-state index < -0.39 is 0 Å². The second-order valence-corrected chi connectivity index (χ2v) is 10.1. The molecule has 1 amide bonds. The summed E-state index contributed by atoms with van der Waals surface area (Å²) in [5.74, 6) is 0.656. The Hall–Kier alpha value is -2.18. The minimum absolute atomic E-state index is 0.0146. The molecule has 0 aliphatic carbocycles. The van der Waals surface area contributed by atoms with Crippen molar-refractivity contribution in [2.24, 2.45) is 5.41 Å². The zero-order valence-corrected chi connectivity index (χ0v) is 18.3. The molecule has 1 aliphatic rings. The zero-order valence-electron chi connectivity index (χ0n) is 17.5. The third kappa shape index (κ3) is 5.06. The number of nitrogens with one attached hydrogen (secondary N) is 2. The number of carbonyl (C=O) groups excluding carboxylic acids is 1. The Kier molecular flexibility index (Phi) is 5.74. The number of hydrogen-bond donors (Lipinski definition) is 2. The Morgan fingerprint density at radius 2 is 2.03 bits per heavy atom. The number of rotatable bonds is 5. The minimum atomic E-state index is -0.0146. The lowest BCUT2D eigenvalue weighted by molar-refractivity contribution is -0.117. The lowest BCUT2D eigenvalue weighted by Crippen LogP contribution is -2.32. The molecule has 0 saturated carbocycles. The van der Waals surface area contributed by atoms with Crippen molar-refractivity contribution in [3.63, 3.8) is 0 Å². The van der Waals surface area contributed by atoms with Crippen LogP contribution in [-0.4, -0.2) is 33.9 Å². The number of fused-ring (bicyclic) bond motifs is 1. The summed E-state index contributed by atoms with van der Waals surface area (Å²) in [6.45, 7) is 9.21. The second-order valence-electron chi connectivity index (χ2n) is 9.27. The van der Waals surface area contributed by atoms with Crippen LogP contribution >= 0.6 is 11.3 Å². The standard InChI is InChI=1S/C23H30N4OS/c1-23(2,3)12-21(28)26-22-25-17(15-29-22)14-27-10-8-16(9-11-27)19-13-24-20-7-5-4-6-18(19)20/h4-7,13,15-16,24H,8-12,14H2,1-3H3,(H,25,26,28). The third-order valence-corrected chi connectivity index (χ3v) is 6.33. The number of aromatic amines is 1. The van der Waals surface area contributed by atoms with E-state index in [2.05, 4.69) is 76.8 Å². The van der Waals surface area contributed by atoms with Gasteiger partial charge in [0.2, 0.25) is 5.91 Å². The molecule has 4 rings (SSSR count). The molecular formula is C23H30N4OS. The number of hydrogen-bond acceptors (Lipinski definition) is 4. The van der Waals surface area contributed by atoms with Gasteiger partial charge >= 0.3 is 0 Å². The molecule has 6 heteroatoms. The van der Waals surface area contributed by atoms with Crippen molar-refractivity contribution in [1.29, 1.82) is 0 Å². The van der Waals surface area contributed by atoms with Crippen molar-refractivity contribution < 1.29 is 4.79 Å². The first-order valence-electron chi connectivity index (χ1n) is 10.4. The van der Waals surface area contributed by atoms with Crippen LogP contribution in [0.5, 0.6) is 0 Å². The average Bonchev–Trinajstić information content (AvgIpc) is 3.28. The molecule has 0 radical (unpaired) electrons. The van der Waals surface area contributed by atoms with Crippen molar-refractivity contribution in [2.75, 3.05) is 18.4 Å². The Morgan fingerprint density at radius 3 is 2.79 bits per heavy atom. The first kappa shape index (κ1) is 20.1. The molecule has 154 valence electrons. The van der Waals surface area contributed by atoms with Gasteiger partial charge in [0.05, 0.1) is 5.69 Å². The monoisotopic (exact) mass is 410 g/mol. The molecule has 5 nitrogen and oxygen atoms in total. The number of likely N-dealkylation sites (tertiary alicyclic amines) is 1. The minimum Gasteiger partial charge on any atom is -0.361 e. The van der Waals surface area contributed by atoms with Gasteiger partial charge < -0.3 is 10.3 Å². The van der Waals surface area contributed by atoms with Gasteiger partial charge in [-0.15, -0.1) is 11.3 Å². The Balaban J connectivity index is 1.30. The first-order chi connectivity index (χ1) is 13.9. The van der Waals surface area contributed by atoms with E-state index in [-0.39, 0.29) is 11.3 Å². The number of carbonyl (C=O) groups is 1. The van der Waals surface area contributed by atoms with E-state index >= 15 is 0 Å². The Bertz CT molecular complexity index is 976. The van der Waals surface area contributed by atoms with Crippen LogP contribution in [0.2, 0.25) is 0 Å². The van der Waals surface area contributed by atoms with Gasteiger partial charge in [-0.3, -0.25) is 9.69 Å². The molecule has 3 aromatic rings. The summed E-state index contributed by atoms with van der Waals surface area (Å²) in [7, 11) is 0. The third-order valence-electron chi connectivity index (χ3n) is 5.52. The SMILES string of the molecule is CC(C)(C)CC(=O)Nc1nc(CN2CCC(c3c[nH]c4ccccc34)CC2)cs1. The van der Waals surface area contributed by atoms with E-state index in [0.717, 1.165) is 25.3 Å². The maximum Gasteiger partial charge on any atom is 0.226 e. The van der Waals surface area contributed by atoms with Gasteiger partial charge in [0, 0.05) is 35.4 Å². The number of amides is 1. The average molecular weight is 411 g/mol. The number of para-hydroxylation sites is 1. The second kappa shape index (κ2) is 8.28. The van der Waals surface area contributed by atoms with Crippen LogP contribution in [-0.2, 0) is 11.3 Å². The van der Waals surface area contributed by atoms with E-state index in [1.165, 1.54) is 40.6 Å². The van der Waals surface area contributed by atoms with E-state index in [0.29, 0.717) is 17.5 Å². The summed E-state index contributed by atoms with van der Waals surface area (Å²) >= 11 is 1.52. The largest absolute Gasteiger partial charge is 0.361 e. The van der Waals surface area contributed by atoms with Gasteiger partial charge in [0.1, 0.15) is 0 Å². The van der Waals surface area contributed by atoms with Crippen molar-refractivity contribution in [2.45, 2.75) is 52.5 Å². The van der Waals surface area contributed by atoms with E-state index in [4.69, 9.17) is 0 Å². The maximum absolute atomic E-state index is 12.1. The molecule has 0 bridgehead atoms. The van der Waals surface area contributed by atoms with Crippen LogP contribution in [0.4, 0.5) is 5.13 Å². The summed E-state index contributed by atoms with van der Waals surface area (Å²) < 4.78 is 0. The predicted molar refractivity (Wildman–Crippen MR) is 120 cm³/mol. The Morgan fingerprint density at radius 1 is 1.28 bits per heavy atom. The van der Waals surface area contributed by atoms with Crippen molar-refractivity contribution in [3.05, 3.63) is 47.1 Å². The predicted octanol–water partition coefficient (Wildman–Crippen LogP) is 5.38. The maximum atomic E-state index is 12.1. The smallest absolute Gasteiger partial charge is 0.226 e. The van der Waals surface area contributed by atoms with Crippen LogP contribution in [0, 0.1) is 5.41 Å². The van der Waals surface area contributed by atoms with E-state index in [9.17, 15) is 4.79 Å². The summed E-state index contributed by atoms with van der Waals surface area (Å²) in [5.41, 5.74) is 3.72. The van der Waals surface area contributed by atoms with Crippen LogP contribution in [0.3, 0.4) is 0 Å². The van der Waals surface area contributed by atoms with Gasteiger partial charge in [0.25, 0.3) is 0 Å². The van der Waals surface area contributed by atoms with Gasteiger partial charge in [-0.05, 0) is 48.9 Å². The number of anilines is 1. The van der Waals surface area contributed by atoms with Gasteiger partial charge in [-0.25, -0.2) is 4.98 Å². The van der Waals surface area contributed by atoms with Crippen LogP contribution in [0.15, 0.2) is 35.8 Å². The van der Waals surface area contributed by atoms with Gasteiger partial charge in [0.15, 0.2) is 5.13 Å². The number of H-pyrrole nitrogens is 1. The Labute approximate surface area is 176 Å². The summed E-state index contributed by atoms with van der Waals surface area (Å²) in [6, 6.07) is 8.57. The number of nitrogens with zero attached hydrogens (tertiary/aromatic N) is 2. The highest BCUT2D eigenvalue weighted by molar-refractivity contribution is 7.13. The lowest BCUT2D eigenvalue weighted by Gasteiger charge is -2.31. The lowest BCUT2D eigenvalue weighted by atomic mass is 9.89. The van der Waals surface area contributed by atoms with Crippen molar-refractivity contribution >= 4 is 33.3 Å². The van der Waals surface area contributed by atoms with Crippen molar-refractivity contribution in [3.8, 4) is 0 Å². The number of benzene rings is 1. The molecule has 2 aromatic heterocycles. The van der Waals surface area contributed by atoms with Crippen LogP contribution in [0.25, 0.3) is 10.9 Å². The molecule has 0 spiro atoms. The fourth-order valence-corrected chi connectivity index (χ4v) is 4.86. The molecule has 1 aliphatic heterocycles. The first-order valence-corrected chi connectivity index (χ1v) is 11.3. The van der Waals surface area contributed by atoms with Crippen LogP contribution in [0.1, 0.15) is 57.2 Å². The molecule has 3 heterocycles. The molecule has 29 heavy (non-hydrogen) atoms. The highest BCUT2D eigenvalue weighted by Gasteiger charge is 2.23. The molecule has 1 fully saturated rings. The quantitative estimate of drug-likeness (QED) is 0.594. The molecular weight excluding hydrogens is 380 g/mol. The fraction of sp³-hybridized carbons (Fsp3) is 0.478. The molecule has 2 N–H and O–H groups in total. The highest BCUT2D eigenvalue weighted by atomic mass is 32.1. The number of piperidine rings is 1. The summed E-state index contributed by atoms with van der Waals surface area (Å²) in [6.07, 6.45) is 5.03. The highest BCUT2D eigenvalue weighted by Crippen LogP contribution is 2.33. The normalized spacial score (nSPS) is 16.4. The fourth-order valence-electron chi connectivity index (χ4n) is 4.15. The van der Waals surface area contributed by atoms with E-state index in [1.807, 2.05) is 0 Å². The molecule has 1 saturated heterocycles. The molecule has 1 aromatic carbocycles. The number of aromatic nitrogens is 2. The van der Waals surface area contributed by atoms with Crippen LogP contribution < -0.4 is 5.32 Å². The molecule has 0 atom stereocenters. The van der Waals surface area contributed by atoms with Gasteiger partial charge in [-0.2, -0.15) is 0 Å². The zero-order chi connectivity index (χ0) is 20.4.